The second-order valence-electron chi connectivity index (χ2n) is 6.65. The number of hydrogen-bond donors (Lipinski definition) is 1. The van der Waals surface area contributed by atoms with Crippen molar-refractivity contribution in [3.8, 4) is 0 Å². The van der Waals surface area contributed by atoms with E-state index in [1.54, 1.807) is 6.20 Å². The molecule has 0 aliphatic carbocycles. The lowest BCUT2D eigenvalue weighted by atomic mass is 10.2. The normalized spacial score (nSPS) is 15.8. The SMILES string of the molecule is CCCn1ncc(C(=O)N2CCCn3nc([C@@H](O)CC)cc3C2)c1C. The van der Waals surface area contributed by atoms with Crippen LogP contribution in [-0.4, -0.2) is 42.0 Å². The standard InChI is InChI=1S/C18H27N5O2/c1-4-7-22-13(3)15(11-19-22)18(25)21-8-6-9-23-14(12-21)10-16(20-23)17(24)5-2/h10-11,17,24H,4-9,12H2,1-3H3/t17-/m0/s1. The average Bonchev–Trinajstić information content (AvgIpc) is 3.11. The molecule has 0 saturated carbocycles. The first-order chi connectivity index (χ1) is 12.0. The summed E-state index contributed by atoms with van der Waals surface area (Å²) in [6.07, 6.45) is 3.61. The Labute approximate surface area is 148 Å². The Hall–Kier alpha value is -2.15. The number of fused-ring (bicyclic) bond motifs is 1. The minimum Gasteiger partial charge on any atom is -0.387 e. The van der Waals surface area contributed by atoms with Gasteiger partial charge in [-0.25, -0.2) is 0 Å². The summed E-state index contributed by atoms with van der Waals surface area (Å²) in [5.74, 6) is 0.0205. The van der Waals surface area contributed by atoms with E-state index in [-0.39, 0.29) is 5.91 Å². The smallest absolute Gasteiger partial charge is 0.257 e. The van der Waals surface area contributed by atoms with Crippen molar-refractivity contribution in [2.75, 3.05) is 6.54 Å². The summed E-state index contributed by atoms with van der Waals surface area (Å²) in [4.78, 5) is 14.9. The van der Waals surface area contributed by atoms with Crippen LogP contribution in [-0.2, 0) is 19.6 Å². The first-order valence-corrected chi connectivity index (χ1v) is 9.11. The van der Waals surface area contributed by atoms with E-state index in [1.807, 2.05) is 34.2 Å². The molecule has 0 unspecified atom stereocenters. The van der Waals surface area contributed by atoms with Crippen LogP contribution in [0.2, 0.25) is 0 Å². The van der Waals surface area contributed by atoms with Gasteiger partial charge in [0.2, 0.25) is 0 Å². The monoisotopic (exact) mass is 345 g/mol. The topological polar surface area (TPSA) is 76.2 Å². The van der Waals surface area contributed by atoms with Crippen molar-refractivity contribution in [1.82, 2.24) is 24.5 Å². The van der Waals surface area contributed by atoms with Crippen molar-refractivity contribution >= 4 is 5.91 Å². The molecule has 0 saturated heterocycles. The summed E-state index contributed by atoms with van der Waals surface area (Å²) < 4.78 is 3.82. The number of hydrogen-bond acceptors (Lipinski definition) is 4. The molecule has 1 amide bonds. The Morgan fingerprint density at radius 2 is 2.16 bits per heavy atom. The van der Waals surface area contributed by atoms with Crippen molar-refractivity contribution in [3.63, 3.8) is 0 Å². The van der Waals surface area contributed by atoms with Crippen molar-refractivity contribution < 1.29 is 9.90 Å². The molecule has 0 fully saturated rings. The molecule has 0 aromatic carbocycles. The van der Waals surface area contributed by atoms with Crippen molar-refractivity contribution in [1.29, 1.82) is 0 Å². The first-order valence-electron chi connectivity index (χ1n) is 9.11. The number of nitrogens with zero attached hydrogens (tertiary/aromatic N) is 5. The van der Waals surface area contributed by atoms with Crippen molar-refractivity contribution in [2.24, 2.45) is 0 Å². The van der Waals surface area contributed by atoms with Crippen LogP contribution in [0.4, 0.5) is 0 Å². The molecule has 7 nitrogen and oxygen atoms in total. The van der Waals surface area contributed by atoms with Gasteiger partial charge in [0.25, 0.3) is 5.91 Å². The third-order valence-corrected chi connectivity index (χ3v) is 4.82. The summed E-state index contributed by atoms with van der Waals surface area (Å²) in [7, 11) is 0. The van der Waals surface area contributed by atoms with Crippen LogP contribution >= 0.6 is 0 Å². The van der Waals surface area contributed by atoms with E-state index in [0.29, 0.717) is 30.8 Å². The second kappa shape index (κ2) is 7.39. The fraction of sp³-hybridized carbons (Fsp3) is 0.611. The predicted octanol–water partition coefficient (Wildman–Crippen LogP) is 2.29. The molecule has 3 rings (SSSR count). The fourth-order valence-electron chi connectivity index (χ4n) is 3.29. The Morgan fingerprint density at radius 1 is 1.36 bits per heavy atom. The zero-order chi connectivity index (χ0) is 18.0. The zero-order valence-electron chi connectivity index (χ0n) is 15.3. The summed E-state index contributed by atoms with van der Waals surface area (Å²) in [6, 6.07) is 1.92. The number of aliphatic hydroxyl groups is 1. The highest BCUT2D eigenvalue weighted by atomic mass is 16.3. The number of rotatable bonds is 5. The van der Waals surface area contributed by atoms with Gasteiger partial charge in [0, 0.05) is 25.3 Å². The molecule has 1 aliphatic heterocycles. The van der Waals surface area contributed by atoms with Gasteiger partial charge in [-0.15, -0.1) is 0 Å². The predicted molar refractivity (Wildman–Crippen MR) is 94.1 cm³/mol. The van der Waals surface area contributed by atoms with Gasteiger partial charge in [-0.1, -0.05) is 13.8 Å². The lowest BCUT2D eigenvalue weighted by molar-refractivity contribution is 0.0745. The molecular weight excluding hydrogens is 318 g/mol. The number of carbonyl (C=O) groups is 1. The highest BCUT2D eigenvalue weighted by Gasteiger charge is 2.25. The van der Waals surface area contributed by atoms with E-state index < -0.39 is 6.10 Å². The van der Waals surface area contributed by atoms with Crippen LogP contribution in [0.25, 0.3) is 0 Å². The maximum absolute atomic E-state index is 13.0. The Morgan fingerprint density at radius 3 is 2.88 bits per heavy atom. The molecular formula is C18H27N5O2. The summed E-state index contributed by atoms with van der Waals surface area (Å²) in [5, 5.41) is 18.9. The molecule has 2 aromatic rings. The van der Waals surface area contributed by atoms with Gasteiger partial charge in [0.1, 0.15) is 0 Å². The molecule has 1 aliphatic rings. The van der Waals surface area contributed by atoms with E-state index in [2.05, 4.69) is 17.1 Å². The first kappa shape index (κ1) is 17.7. The molecule has 0 bridgehead atoms. The van der Waals surface area contributed by atoms with Gasteiger partial charge < -0.3 is 10.0 Å². The fourth-order valence-corrected chi connectivity index (χ4v) is 3.29. The van der Waals surface area contributed by atoms with Gasteiger partial charge in [-0.2, -0.15) is 10.2 Å². The van der Waals surface area contributed by atoms with E-state index in [9.17, 15) is 9.90 Å². The van der Waals surface area contributed by atoms with Crippen LogP contribution in [0.5, 0.6) is 0 Å². The zero-order valence-corrected chi connectivity index (χ0v) is 15.3. The van der Waals surface area contributed by atoms with Crippen LogP contribution in [0.15, 0.2) is 12.3 Å². The van der Waals surface area contributed by atoms with Crippen molar-refractivity contribution in [2.45, 2.75) is 65.8 Å². The minimum atomic E-state index is -0.543. The number of carbonyl (C=O) groups excluding carboxylic acids is 1. The molecule has 0 radical (unpaired) electrons. The van der Waals surface area contributed by atoms with Gasteiger partial charge >= 0.3 is 0 Å². The van der Waals surface area contributed by atoms with Gasteiger partial charge in [0.05, 0.1) is 35.8 Å². The Balaban J connectivity index is 1.81. The molecule has 1 atom stereocenters. The number of aromatic nitrogens is 4. The molecule has 1 N–H and O–H groups in total. The minimum absolute atomic E-state index is 0.0205. The van der Waals surface area contributed by atoms with E-state index in [0.717, 1.165) is 37.3 Å². The largest absolute Gasteiger partial charge is 0.387 e. The maximum Gasteiger partial charge on any atom is 0.257 e. The highest BCUT2D eigenvalue weighted by Crippen LogP contribution is 2.21. The maximum atomic E-state index is 13.0. The number of amides is 1. The van der Waals surface area contributed by atoms with E-state index >= 15 is 0 Å². The van der Waals surface area contributed by atoms with Crippen LogP contribution in [0.1, 0.15) is 66.7 Å². The average molecular weight is 345 g/mol. The van der Waals surface area contributed by atoms with E-state index in [4.69, 9.17) is 0 Å². The van der Waals surface area contributed by atoms with Gasteiger partial charge in [0.15, 0.2) is 0 Å². The summed E-state index contributed by atoms with van der Waals surface area (Å²) in [6.45, 7) is 8.79. The van der Waals surface area contributed by atoms with Gasteiger partial charge in [-0.05, 0) is 32.3 Å². The molecule has 3 heterocycles. The van der Waals surface area contributed by atoms with Crippen LogP contribution < -0.4 is 0 Å². The van der Waals surface area contributed by atoms with Crippen LogP contribution in [0.3, 0.4) is 0 Å². The third kappa shape index (κ3) is 3.46. The quantitative estimate of drug-likeness (QED) is 0.902. The second-order valence-corrected chi connectivity index (χ2v) is 6.65. The third-order valence-electron chi connectivity index (χ3n) is 4.82. The van der Waals surface area contributed by atoms with E-state index in [1.165, 1.54) is 0 Å². The Kier molecular flexibility index (Phi) is 5.22. The summed E-state index contributed by atoms with van der Waals surface area (Å²) >= 11 is 0. The Bertz CT molecular complexity index is 749. The molecule has 136 valence electrons. The lowest BCUT2D eigenvalue weighted by Gasteiger charge is -2.19. The van der Waals surface area contributed by atoms with Crippen molar-refractivity contribution in [3.05, 3.63) is 34.9 Å². The molecule has 25 heavy (non-hydrogen) atoms. The van der Waals surface area contributed by atoms with Gasteiger partial charge in [-0.3, -0.25) is 14.2 Å². The molecule has 7 heteroatoms. The number of aliphatic hydroxyl groups excluding tert-OH is 1. The van der Waals surface area contributed by atoms with Crippen LogP contribution in [0, 0.1) is 6.92 Å². The lowest BCUT2D eigenvalue weighted by Crippen LogP contribution is -2.31. The highest BCUT2D eigenvalue weighted by molar-refractivity contribution is 5.95. The molecule has 0 spiro atoms. The summed E-state index contributed by atoms with van der Waals surface area (Å²) in [5.41, 5.74) is 3.27. The molecule has 2 aromatic heterocycles. The number of aryl methyl sites for hydroxylation is 2.